The summed E-state index contributed by atoms with van der Waals surface area (Å²) in [6.07, 6.45) is 0.676. The monoisotopic (exact) mass is 228 g/mol. The van der Waals surface area contributed by atoms with Crippen LogP contribution >= 0.6 is 0 Å². The normalized spacial score (nSPS) is 31.7. The van der Waals surface area contributed by atoms with E-state index in [0.717, 1.165) is 6.42 Å². The lowest BCUT2D eigenvalue weighted by Crippen LogP contribution is -2.40. The Labute approximate surface area is 100 Å². The molecule has 1 saturated heterocycles. The zero-order chi connectivity index (χ0) is 12.7. The molecule has 1 rings (SSSR count). The molecule has 0 spiro atoms. The van der Waals surface area contributed by atoms with Crippen molar-refractivity contribution >= 4 is 0 Å². The molecule has 1 heterocycles. The number of aliphatic hydroxyl groups is 1. The third-order valence-corrected chi connectivity index (χ3v) is 4.15. The highest BCUT2D eigenvalue weighted by Crippen LogP contribution is 2.45. The van der Waals surface area contributed by atoms with Crippen molar-refractivity contribution in [1.82, 2.24) is 0 Å². The molecule has 0 aromatic heterocycles. The Balaban J connectivity index is 2.81. The van der Waals surface area contributed by atoms with Gasteiger partial charge < -0.3 is 9.84 Å². The van der Waals surface area contributed by atoms with Gasteiger partial charge in [0, 0.05) is 5.92 Å². The van der Waals surface area contributed by atoms with Gasteiger partial charge in [-0.1, -0.05) is 20.8 Å². The van der Waals surface area contributed by atoms with E-state index in [0.29, 0.717) is 11.8 Å². The van der Waals surface area contributed by atoms with Gasteiger partial charge >= 0.3 is 0 Å². The Morgan fingerprint density at radius 1 is 1.12 bits per heavy atom. The molecule has 0 amide bonds. The second kappa shape index (κ2) is 4.30. The SMILES string of the molecule is CC(C)C(C)C(O)C1CC(C)(C)OC1(C)C. The van der Waals surface area contributed by atoms with E-state index in [4.69, 9.17) is 4.74 Å². The van der Waals surface area contributed by atoms with Gasteiger partial charge in [0.25, 0.3) is 0 Å². The first kappa shape index (κ1) is 14.0. The number of hydrogen-bond donors (Lipinski definition) is 1. The largest absolute Gasteiger partial charge is 0.392 e. The van der Waals surface area contributed by atoms with Crippen LogP contribution in [-0.4, -0.2) is 22.4 Å². The van der Waals surface area contributed by atoms with Gasteiger partial charge in [0.1, 0.15) is 0 Å². The summed E-state index contributed by atoms with van der Waals surface area (Å²) >= 11 is 0. The second-order valence-corrected chi connectivity index (χ2v) is 6.87. The van der Waals surface area contributed by atoms with Crippen LogP contribution in [0.5, 0.6) is 0 Å². The van der Waals surface area contributed by atoms with Gasteiger partial charge in [-0.15, -0.1) is 0 Å². The van der Waals surface area contributed by atoms with Crippen molar-refractivity contribution in [1.29, 1.82) is 0 Å². The van der Waals surface area contributed by atoms with Crippen LogP contribution in [0.4, 0.5) is 0 Å². The predicted octanol–water partition coefficient (Wildman–Crippen LogP) is 3.23. The van der Waals surface area contributed by atoms with Gasteiger partial charge in [0.15, 0.2) is 0 Å². The summed E-state index contributed by atoms with van der Waals surface area (Å²) in [5.41, 5.74) is -0.322. The Bertz CT molecular complexity index is 243. The van der Waals surface area contributed by atoms with Crippen molar-refractivity contribution in [2.24, 2.45) is 17.8 Å². The minimum absolute atomic E-state index is 0.105. The van der Waals surface area contributed by atoms with Crippen LogP contribution in [0.2, 0.25) is 0 Å². The maximum Gasteiger partial charge on any atom is 0.0687 e. The topological polar surface area (TPSA) is 29.5 Å². The molecule has 16 heavy (non-hydrogen) atoms. The van der Waals surface area contributed by atoms with Crippen LogP contribution in [-0.2, 0) is 4.74 Å². The number of aliphatic hydroxyl groups excluding tert-OH is 1. The van der Waals surface area contributed by atoms with E-state index in [1.54, 1.807) is 0 Å². The fraction of sp³-hybridized carbons (Fsp3) is 1.00. The third-order valence-electron chi connectivity index (χ3n) is 4.15. The number of hydrogen-bond acceptors (Lipinski definition) is 2. The van der Waals surface area contributed by atoms with E-state index in [-0.39, 0.29) is 23.2 Å². The molecule has 96 valence electrons. The Kier molecular flexibility index (Phi) is 3.76. The molecular formula is C14H28O2. The molecule has 0 saturated carbocycles. The Hall–Kier alpha value is -0.0800. The summed E-state index contributed by atoms with van der Waals surface area (Å²) in [5.74, 6) is 1.07. The molecule has 1 fully saturated rings. The summed E-state index contributed by atoms with van der Waals surface area (Å²) < 4.78 is 6.04. The van der Waals surface area contributed by atoms with Crippen LogP contribution in [0, 0.1) is 17.8 Å². The van der Waals surface area contributed by atoms with Crippen molar-refractivity contribution in [3.63, 3.8) is 0 Å². The Morgan fingerprint density at radius 3 is 1.94 bits per heavy atom. The van der Waals surface area contributed by atoms with Crippen molar-refractivity contribution in [2.45, 2.75) is 72.2 Å². The lowest BCUT2D eigenvalue weighted by Gasteiger charge is -2.34. The summed E-state index contributed by atoms with van der Waals surface area (Å²) in [7, 11) is 0. The average molecular weight is 228 g/mol. The van der Waals surface area contributed by atoms with E-state index in [2.05, 4.69) is 48.5 Å². The molecule has 2 nitrogen and oxygen atoms in total. The zero-order valence-corrected chi connectivity index (χ0v) is 11.9. The van der Waals surface area contributed by atoms with E-state index in [1.807, 2.05) is 0 Å². The molecule has 0 aromatic carbocycles. The molecule has 3 unspecified atom stereocenters. The number of ether oxygens (including phenoxy) is 1. The fourth-order valence-corrected chi connectivity index (χ4v) is 2.90. The van der Waals surface area contributed by atoms with E-state index in [9.17, 15) is 5.11 Å². The molecule has 1 aliphatic heterocycles. The van der Waals surface area contributed by atoms with Crippen LogP contribution in [0.15, 0.2) is 0 Å². The molecular weight excluding hydrogens is 200 g/mol. The lowest BCUT2D eigenvalue weighted by atomic mass is 9.76. The van der Waals surface area contributed by atoms with Crippen molar-refractivity contribution in [2.75, 3.05) is 0 Å². The van der Waals surface area contributed by atoms with Crippen molar-refractivity contribution in [3.05, 3.63) is 0 Å². The van der Waals surface area contributed by atoms with Crippen LogP contribution in [0.25, 0.3) is 0 Å². The van der Waals surface area contributed by atoms with Gasteiger partial charge in [-0.3, -0.25) is 0 Å². The van der Waals surface area contributed by atoms with Crippen molar-refractivity contribution in [3.8, 4) is 0 Å². The highest BCUT2D eigenvalue weighted by Gasteiger charge is 2.49. The van der Waals surface area contributed by atoms with E-state index in [1.165, 1.54) is 0 Å². The van der Waals surface area contributed by atoms with E-state index < -0.39 is 0 Å². The first-order chi connectivity index (χ1) is 7.07. The summed E-state index contributed by atoms with van der Waals surface area (Å²) in [6, 6.07) is 0. The molecule has 3 atom stereocenters. The van der Waals surface area contributed by atoms with Crippen LogP contribution in [0.1, 0.15) is 54.9 Å². The number of rotatable bonds is 3. The summed E-state index contributed by atoms with van der Waals surface area (Å²) in [6.45, 7) is 14.9. The molecule has 1 aliphatic rings. The van der Waals surface area contributed by atoms with Gasteiger partial charge in [-0.2, -0.15) is 0 Å². The average Bonchev–Trinajstić information content (AvgIpc) is 2.31. The van der Waals surface area contributed by atoms with Gasteiger partial charge in [-0.05, 0) is 46.0 Å². The molecule has 2 heteroatoms. The zero-order valence-electron chi connectivity index (χ0n) is 11.9. The minimum Gasteiger partial charge on any atom is -0.392 e. The summed E-state index contributed by atoms with van der Waals surface area (Å²) in [5, 5.41) is 10.5. The quantitative estimate of drug-likeness (QED) is 0.803. The lowest BCUT2D eigenvalue weighted by molar-refractivity contribution is -0.0949. The standard InChI is InChI=1S/C14H28O2/c1-9(2)10(3)12(15)11-8-13(4,5)16-14(11,6)7/h9-12,15H,8H2,1-7H3. The van der Waals surface area contributed by atoms with Crippen LogP contribution < -0.4 is 0 Å². The van der Waals surface area contributed by atoms with Gasteiger partial charge in [0.05, 0.1) is 17.3 Å². The maximum absolute atomic E-state index is 10.5. The molecule has 1 N–H and O–H groups in total. The highest BCUT2D eigenvalue weighted by molar-refractivity contribution is 4.98. The molecule has 0 aliphatic carbocycles. The van der Waals surface area contributed by atoms with Crippen LogP contribution in [0.3, 0.4) is 0 Å². The second-order valence-electron chi connectivity index (χ2n) is 6.87. The first-order valence-electron chi connectivity index (χ1n) is 6.45. The predicted molar refractivity (Wildman–Crippen MR) is 67.4 cm³/mol. The minimum atomic E-state index is -0.267. The summed E-state index contributed by atoms with van der Waals surface area (Å²) in [4.78, 5) is 0. The van der Waals surface area contributed by atoms with Crippen molar-refractivity contribution < 1.29 is 9.84 Å². The van der Waals surface area contributed by atoms with E-state index >= 15 is 0 Å². The third kappa shape index (κ3) is 2.78. The molecule has 0 aromatic rings. The first-order valence-corrected chi connectivity index (χ1v) is 6.45. The fourth-order valence-electron chi connectivity index (χ4n) is 2.90. The molecule has 0 bridgehead atoms. The smallest absolute Gasteiger partial charge is 0.0687 e. The van der Waals surface area contributed by atoms with Gasteiger partial charge in [0.2, 0.25) is 0 Å². The maximum atomic E-state index is 10.5. The van der Waals surface area contributed by atoms with Gasteiger partial charge in [-0.25, -0.2) is 0 Å². The Morgan fingerprint density at radius 2 is 1.62 bits per heavy atom. The highest BCUT2D eigenvalue weighted by atomic mass is 16.5. The molecule has 0 radical (unpaired) electrons.